The molecular weight excluding hydrogens is 386 g/mol. The van der Waals surface area contributed by atoms with E-state index in [4.69, 9.17) is 14.2 Å². The molecule has 0 spiro atoms. The average molecular weight is 409 g/mol. The van der Waals surface area contributed by atoms with Crippen LogP contribution in [-0.2, 0) is 14.3 Å². The lowest BCUT2D eigenvalue weighted by atomic mass is 10.1. The number of nitrogens with zero attached hydrogens (tertiary/aromatic N) is 1. The lowest BCUT2D eigenvalue weighted by Gasteiger charge is -2.18. The van der Waals surface area contributed by atoms with Gasteiger partial charge in [0.25, 0.3) is 5.91 Å². The lowest BCUT2D eigenvalue weighted by molar-refractivity contribution is -0.123. The van der Waals surface area contributed by atoms with Crippen molar-refractivity contribution >= 4 is 11.8 Å². The van der Waals surface area contributed by atoms with Crippen LogP contribution >= 0.6 is 0 Å². The molecule has 3 aliphatic rings. The molecule has 2 N–H and O–H groups in total. The normalized spacial score (nSPS) is 27.3. The third-order valence-electron chi connectivity index (χ3n) is 5.61. The number of carbonyl (C=O) groups excluding carboxylic acids is 2. The number of nitrogens with one attached hydrogen (secondary N) is 2. The van der Waals surface area contributed by atoms with E-state index in [-0.39, 0.29) is 42.0 Å². The first-order chi connectivity index (χ1) is 14.7. The summed E-state index contributed by atoms with van der Waals surface area (Å²) >= 11 is 0. The lowest BCUT2D eigenvalue weighted by Crippen LogP contribution is -2.47. The molecule has 1 saturated carbocycles. The summed E-state index contributed by atoms with van der Waals surface area (Å²) in [4.78, 5) is 28.9. The number of carbonyl (C=O) groups is 2. The zero-order valence-corrected chi connectivity index (χ0v) is 16.3. The van der Waals surface area contributed by atoms with E-state index in [0.29, 0.717) is 30.3 Å². The summed E-state index contributed by atoms with van der Waals surface area (Å²) in [5.41, 5.74) is 0.483. The summed E-state index contributed by atoms with van der Waals surface area (Å²) in [5, 5.41) is 6.02. The number of rotatable bonds is 6. The van der Waals surface area contributed by atoms with Crippen molar-refractivity contribution in [1.29, 1.82) is 0 Å². The van der Waals surface area contributed by atoms with Crippen LogP contribution in [0.2, 0.25) is 0 Å². The predicted octanol–water partition coefficient (Wildman–Crippen LogP) is 1.66. The van der Waals surface area contributed by atoms with Gasteiger partial charge in [-0.25, -0.2) is 0 Å². The highest BCUT2D eigenvalue weighted by Gasteiger charge is 2.49. The first-order valence-electron chi connectivity index (χ1n) is 10.2. The summed E-state index contributed by atoms with van der Waals surface area (Å²) in [6.45, 7) is 0.747. The molecule has 3 heterocycles. The van der Waals surface area contributed by atoms with E-state index >= 15 is 0 Å². The fourth-order valence-electron chi connectivity index (χ4n) is 3.89. The maximum Gasteiger partial charge on any atom is 0.251 e. The van der Waals surface area contributed by atoms with Crippen molar-refractivity contribution in [3.05, 3.63) is 54.4 Å². The van der Waals surface area contributed by atoms with Crippen LogP contribution in [0.15, 0.2) is 48.8 Å². The predicted molar refractivity (Wildman–Crippen MR) is 106 cm³/mol. The van der Waals surface area contributed by atoms with Crippen molar-refractivity contribution in [2.45, 2.75) is 37.1 Å². The summed E-state index contributed by atoms with van der Waals surface area (Å²) in [6, 6.07) is 10.1. The van der Waals surface area contributed by atoms with Gasteiger partial charge in [-0.1, -0.05) is 6.07 Å². The van der Waals surface area contributed by atoms with Crippen LogP contribution in [0.3, 0.4) is 0 Å². The van der Waals surface area contributed by atoms with E-state index in [0.717, 1.165) is 12.8 Å². The number of fused-ring (bicyclic) bond motifs is 1. The quantitative estimate of drug-likeness (QED) is 0.753. The van der Waals surface area contributed by atoms with E-state index in [9.17, 15) is 9.59 Å². The van der Waals surface area contributed by atoms with Crippen LogP contribution in [0.5, 0.6) is 11.5 Å². The number of ether oxygens (including phenoxy) is 3. The molecule has 2 aromatic rings. The maximum absolute atomic E-state index is 12.8. The zero-order valence-electron chi connectivity index (χ0n) is 16.3. The molecule has 2 aliphatic heterocycles. The second-order valence-electron chi connectivity index (χ2n) is 7.88. The van der Waals surface area contributed by atoms with Crippen LogP contribution in [-0.4, -0.2) is 54.3 Å². The highest BCUT2D eigenvalue weighted by molar-refractivity contribution is 5.94. The molecule has 2 saturated heterocycles. The molecule has 1 aromatic carbocycles. The topological polar surface area (TPSA) is 98.8 Å². The third kappa shape index (κ3) is 4.01. The van der Waals surface area contributed by atoms with Crippen molar-refractivity contribution in [3.8, 4) is 11.5 Å². The van der Waals surface area contributed by atoms with E-state index in [2.05, 4.69) is 15.6 Å². The number of hydrogen-bond acceptors (Lipinski definition) is 6. The Labute approximate surface area is 173 Å². The van der Waals surface area contributed by atoms with Gasteiger partial charge in [-0.05, 0) is 43.2 Å². The monoisotopic (exact) mass is 409 g/mol. The molecule has 2 amide bonds. The van der Waals surface area contributed by atoms with Crippen molar-refractivity contribution in [3.63, 3.8) is 0 Å². The van der Waals surface area contributed by atoms with Crippen LogP contribution in [0.25, 0.3) is 0 Å². The fourth-order valence-corrected chi connectivity index (χ4v) is 3.89. The van der Waals surface area contributed by atoms with Gasteiger partial charge in [0.15, 0.2) is 0 Å². The molecule has 3 fully saturated rings. The van der Waals surface area contributed by atoms with Gasteiger partial charge in [-0.2, -0.15) is 0 Å². The highest BCUT2D eigenvalue weighted by atomic mass is 16.6. The van der Waals surface area contributed by atoms with Gasteiger partial charge in [-0.15, -0.1) is 0 Å². The zero-order chi connectivity index (χ0) is 20.5. The Hall–Kier alpha value is -2.97. The molecule has 8 heteroatoms. The number of aromatic nitrogens is 1. The van der Waals surface area contributed by atoms with E-state index in [1.165, 1.54) is 0 Å². The van der Waals surface area contributed by atoms with Crippen LogP contribution < -0.4 is 15.4 Å². The summed E-state index contributed by atoms with van der Waals surface area (Å²) < 4.78 is 17.5. The van der Waals surface area contributed by atoms with Crippen molar-refractivity contribution in [2.75, 3.05) is 13.2 Å². The highest BCUT2D eigenvalue weighted by Crippen LogP contribution is 2.31. The van der Waals surface area contributed by atoms with Crippen molar-refractivity contribution in [2.24, 2.45) is 5.92 Å². The molecular formula is C22H23N3O5. The number of hydrogen-bond donors (Lipinski definition) is 2. The Balaban J connectivity index is 1.20. The minimum atomic E-state index is -0.270. The fraction of sp³-hybridized carbons (Fsp3) is 0.409. The average Bonchev–Trinajstić information content (AvgIpc) is 3.44. The molecule has 1 aromatic heterocycles. The van der Waals surface area contributed by atoms with E-state index in [1.807, 2.05) is 0 Å². The van der Waals surface area contributed by atoms with Crippen LogP contribution in [0.4, 0.5) is 0 Å². The Morgan fingerprint density at radius 3 is 2.40 bits per heavy atom. The van der Waals surface area contributed by atoms with E-state index in [1.54, 1.807) is 48.8 Å². The Morgan fingerprint density at radius 1 is 0.967 bits per heavy atom. The Morgan fingerprint density at radius 2 is 1.70 bits per heavy atom. The smallest absolute Gasteiger partial charge is 0.251 e. The van der Waals surface area contributed by atoms with Gasteiger partial charge >= 0.3 is 0 Å². The van der Waals surface area contributed by atoms with Gasteiger partial charge in [-0.3, -0.25) is 14.6 Å². The minimum absolute atomic E-state index is 0.0748. The van der Waals surface area contributed by atoms with E-state index < -0.39 is 0 Å². The van der Waals surface area contributed by atoms with Gasteiger partial charge in [0, 0.05) is 17.7 Å². The second kappa shape index (κ2) is 8.04. The van der Waals surface area contributed by atoms with Gasteiger partial charge < -0.3 is 24.8 Å². The molecule has 0 radical (unpaired) electrons. The third-order valence-corrected chi connectivity index (χ3v) is 5.61. The van der Waals surface area contributed by atoms with Crippen LogP contribution in [0, 0.1) is 5.92 Å². The standard InChI is InChI=1S/C22H23N3O5/c26-21(13-6-7-13)24-17-11-28-20-18(12-29-19(17)20)25-22(27)14-3-1-4-15(9-14)30-16-5-2-8-23-10-16/h1-5,8-10,13,17-20H,6-7,11-12H2,(H,24,26)(H,25,27)/t17-,18-,19+,20+/m0/s1. The SMILES string of the molecule is O=C(N[C@H]1CO[C@H]2[C@@H]1OC[C@@H]2NC(=O)C1CC1)c1cccc(Oc2cccnc2)c1. The first kappa shape index (κ1) is 19.0. The minimum Gasteiger partial charge on any atom is -0.456 e. The molecule has 156 valence electrons. The molecule has 30 heavy (non-hydrogen) atoms. The van der Waals surface area contributed by atoms with Crippen molar-refractivity contribution < 1.29 is 23.8 Å². The molecule has 0 unspecified atom stereocenters. The van der Waals surface area contributed by atoms with Gasteiger partial charge in [0.05, 0.1) is 31.5 Å². The molecule has 0 bridgehead atoms. The number of pyridine rings is 1. The molecule has 1 aliphatic carbocycles. The number of benzene rings is 1. The van der Waals surface area contributed by atoms with Crippen molar-refractivity contribution in [1.82, 2.24) is 15.6 Å². The largest absolute Gasteiger partial charge is 0.456 e. The summed E-state index contributed by atoms with van der Waals surface area (Å²) in [7, 11) is 0. The Bertz CT molecular complexity index is 933. The maximum atomic E-state index is 12.8. The van der Waals surface area contributed by atoms with Gasteiger partial charge in [0.1, 0.15) is 23.7 Å². The van der Waals surface area contributed by atoms with Crippen LogP contribution in [0.1, 0.15) is 23.2 Å². The Kier molecular flexibility index (Phi) is 5.10. The second-order valence-corrected chi connectivity index (χ2v) is 7.88. The number of amides is 2. The summed E-state index contributed by atoms with van der Waals surface area (Å²) in [6.07, 6.45) is 4.68. The van der Waals surface area contributed by atoms with Gasteiger partial charge in [0.2, 0.25) is 5.91 Å². The molecule has 5 rings (SSSR count). The molecule has 4 atom stereocenters. The molecule has 8 nitrogen and oxygen atoms in total. The summed E-state index contributed by atoms with van der Waals surface area (Å²) in [5.74, 6) is 1.14. The first-order valence-corrected chi connectivity index (χ1v) is 10.2.